The number of aromatic nitrogens is 2. The Morgan fingerprint density at radius 2 is 1.83 bits per heavy atom. The largest absolute Gasteiger partial charge is 0.411 e. The SMILES string of the molecule is CC(C)CC(=O)Nc1ccc(C(=O)CSc2nnc(-c3ccccc3F)o2)cc1. The van der Waals surface area contributed by atoms with Crippen molar-refractivity contribution in [2.75, 3.05) is 11.1 Å². The minimum atomic E-state index is -0.454. The topological polar surface area (TPSA) is 85.1 Å². The third-order valence-electron chi connectivity index (χ3n) is 3.92. The normalized spacial score (nSPS) is 10.9. The van der Waals surface area contributed by atoms with Crippen LogP contribution >= 0.6 is 11.8 Å². The fraction of sp³-hybridized carbons (Fsp3) is 0.238. The number of carbonyl (C=O) groups excluding carboxylic acids is 2. The number of hydrogen-bond acceptors (Lipinski definition) is 6. The van der Waals surface area contributed by atoms with Gasteiger partial charge in [-0.25, -0.2) is 4.39 Å². The standard InChI is InChI=1S/C21H20FN3O3S/c1-13(2)11-19(27)23-15-9-7-14(8-10-15)18(26)12-29-21-25-24-20(28-21)16-5-3-4-6-17(16)22/h3-10,13H,11-12H2,1-2H3,(H,23,27). The quantitative estimate of drug-likeness (QED) is 0.420. The molecule has 0 aliphatic carbocycles. The first-order chi connectivity index (χ1) is 13.9. The van der Waals surface area contributed by atoms with E-state index in [9.17, 15) is 14.0 Å². The second-order valence-electron chi connectivity index (χ2n) is 6.79. The summed E-state index contributed by atoms with van der Waals surface area (Å²) in [6.07, 6.45) is 0.441. The van der Waals surface area contributed by atoms with E-state index < -0.39 is 5.82 Å². The Hall–Kier alpha value is -3.00. The summed E-state index contributed by atoms with van der Waals surface area (Å²) in [4.78, 5) is 24.2. The summed E-state index contributed by atoms with van der Waals surface area (Å²) in [5.74, 6) is -0.199. The molecule has 1 N–H and O–H groups in total. The first-order valence-electron chi connectivity index (χ1n) is 9.06. The highest BCUT2D eigenvalue weighted by molar-refractivity contribution is 7.99. The van der Waals surface area contributed by atoms with Crippen LogP contribution in [0.1, 0.15) is 30.6 Å². The van der Waals surface area contributed by atoms with Crippen LogP contribution in [0.3, 0.4) is 0 Å². The van der Waals surface area contributed by atoms with Crippen molar-refractivity contribution in [3.8, 4) is 11.5 Å². The molecule has 29 heavy (non-hydrogen) atoms. The van der Waals surface area contributed by atoms with Crippen molar-refractivity contribution in [2.45, 2.75) is 25.5 Å². The molecular formula is C21H20FN3O3S. The van der Waals surface area contributed by atoms with Crippen molar-refractivity contribution in [1.29, 1.82) is 0 Å². The second-order valence-corrected chi connectivity index (χ2v) is 7.71. The Labute approximate surface area is 171 Å². The van der Waals surface area contributed by atoms with E-state index in [0.29, 0.717) is 17.7 Å². The van der Waals surface area contributed by atoms with Crippen molar-refractivity contribution in [3.05, 3.63) is 59.9 Å². The highest BCUT2D eigenvalue weighted by Crippen LogP contribution is 2.25. The zero-order chi connectivity index (χ0) is 20.8. The van der Waals surface area contributed by atoms with E-state index in [1.165, 1.54) is 6.07 Å². The highest BCUT2D eigenvalue weighted by Gasteiger charge is 2.15. The second kappa shape index (κ2) is 9.47. The average Bonchev–Trinajstić information content (AvgIpc) is 3.15. The number of thioether (sulfide) groups is 1. The van der Waals surface area contributed by atoms with Crippen LogP contribution in [0, 0.1) is 11.7 Å². The molecule has 0 bridgehead atoms. The molecule has 8 heteroatoms. The zero-order valence-electron chi connectivity index (χ0n) is 16.0. The summed E-state index contributed by atoms with van der Waals surface area (Å²) < 4.78 is 19.2. The number of Topliss-reactive ketones (excluding diaryl/α,β-unsaturated/α-hetero) is 1. The molecule has 0 saturated heterocycles. The van der Waals surface area contributed by atoms with Crippen LogP contribution in [-0.2, 0) is 4.79 Å². The van der Waals surface area contributed by atoms with Gasteiger partial charge in [0.25, 0.3) is 11.1 Å². The third kappa shape index (κ3) is 5.74. The number of halogens is 1. The molecule has 3 rings (SSSR count). The summed E-state index contributed by atoms with van der Waals surface area (Å²) in [5, 5.41) is 10.7. The van der Waals surface area contributed by atoms with Crippen molar-refractivity contribution in [3.63, 3.8) is 0 Å². The Kier molecular flexibility index (Phi) is 6.77. The molecule has 6 nitrogen and oxygen atoms in total. The smallest absolute Gasteiger partial charge is 0.277 e. The third-order valence-corrected chi connectivity index (χ3v) is 4.74. The maximum Gasteiger partial charge on any atom is 0.277 e. The van der Waals surface area contributed by atoms with E-state index >= 15 is 0 Å². The maximum atomic E-state index is 13.8. The average molecular weight is 413 g/mol. The summed E-state index contributed by atoms with van der Waals surface area (Å²) in [5.41, 5.74) is 1.37. The van der Waals surface area contributed by atoms with Crippen LogP contribution in [-0.4, -0.2) is 27.6 Å². The molecular weight excluding hydrogens is 393 g/mol. The minimum Gasteiger partial charge on any atom is -0.411 e. The Morgan fingerprint density at radius 1 is 1.10 bits per heavy atom. The molecule has 1 aromatic heterocycles. The number of carbonyl (C=O) groups is 2. The van der Waals surface area contributed by atoms with Crippen LogP contribution in [0.2, 0.25) is 0 Å². The predicted octanol–water partition coefficient (Wildman–Crippen LogP) is 4.84. The van der Waals surface area contributed by atoms with Crippen molar-refractivity contribution >= 4 is 29.1 Å². The lowest BCUT2D eigenvalue weighted by Gasteiger charge is -2.07. The Morgan fingerprint density at radius 3 is 2.52 bits per heavy atom. The molecule has 0 spiro atoms. The molecule has 1 amide bonds. The van der Waals surface area contributed by atoms with Crippen LogP contribution < -0.4 is 5.32 Å². The van der Waals surface area contributed by atoms with Gasteiger partial charge in [-0.2, -0.15) is 0 Å². The number of hydrogen-bond donors (Lipinski definition) is 1. The number of rotatable bonds is 8. The monoisotopic (exact) mass is 413 g/mol. The number of benzene rings is 2. The molecule has 0 atom stereocenters. The van der Waals surface area contributed by atoms with Gasteiger partial charge in [-0.1, -0.05) is 37.7 Å². The zero-order valence-corrected chi connectivity index (χ0v) is 16.8. The number of nitrogens with zero attached hydrogens (tertiary/aromatic N) is 2. The van der Waals surface area contributed by atoms with Crippen LogP contribution in [0.15, 0.2) is 58.2 Å². The van der Waals surface area contributed by atoms with Gasteiger partial charge in [-0.05, 0) is 42.3 Å². The van der Waals surface area contributed by atoms with Gasteiger partial charge in [0.15, 0.2) is 5.78 Å². The van der Waals surface area contributed by atoms with Gasteiger partial charge in [-0.15, -0.1) is 10.2 Å². The van der Waals surface area contributed by atoms with Crippen LogP contribution in [0.4, 0.5) is 10.1 Å². The van der Waals surface area contributed by atoms with E-state index in [2.05, 4.69) is 15.5 Å². The molecule has 0 aliphatic rings. The van der Waals surface area contributed by atoms with Crippen molar-refractivity contribution in [2.24, 2.45) is 5.92 Å². The molecule has 0 saturated carbocycles. The van der Waals surface area contributed by atoms with E-state index in [1.54, 1.807) is 42.5 Å². The summed E-state index contributed by atoms with van der Waals surface area (Å²) >= 11 is 1.08. The van der Waals surface area contributed by atoms with E-state index in [0.717, 1.165) is 11.8 Å². The lowest BCUT2D eigenvalue weighted by atomic mass is 10.1. The Bertz CT molecular complexity index is 1000. The highest BCUT2D eigenvalue weighted by atomic mass is 32.2. The van der Waals surface area contributed by atoms with Crippen LogP contribution in [0.5, 0.6) is 0 Å². The molecule has 1 heterocycles. The number of amides is 1. The number of anilines is 1. The van der Waals surface area contributed by atoms with Gasteiger partial charge >= 0.3 is 0 Å². The lowest BCUT2D eigenvalue weighted by Crippen LogP contribution is -2.14. The van der Waals surface area contributed by atoms with Crippen LogP contribution in [0.25, 0.3) is 11.5 Å². The van der Waals surface area contributed by atoms with Crippen molar-refractivity contribution in [1.82, 2.24) is 10.2 Å². The van der Waals surface area contributed by atoms with Gasteiger partial charge < -0.3 is 9.73 Å². The molecule has 0 radical (unpaired) electrons. The van der Waals surface area contributed by atoms with E-state index in [1.807, 2.05) is 13.8 Å². The lowest BCUT2D eigenvalue weighted by molar-refractivity contribution is -0.116. The summed E-state index contributed by atoms with van der Waals surface area (Å²) in [6.45, 7) is 3.95. The van der Waals surface area contributed by atoms with Gasteiger partial charge in [-0.3, -0.25) is 9.59 Å². The van der Waals surface area contributed by atoms with E-state index in [-0.39, 0.29) is 40.0 Å². The first-order valence-corrected chi connectivity index (χ1v) is 10.0. The van der Waals surface area contributed by atoms with Gasteiger partial charge in [0.1, 0.15) is 5.82 Å². The van der Waals surface area contributed by atoms with Crippen molar-refractivity contribution < 1.29 is 18.4 Å². The maximum absolute atomic E-state index is 13.8. The van der Waals surface area contributed by atoms with E-state index in [4.69, 9.17) is 4.42 Å². The summed E-state index contributed by atoms with van der Waals surface area (Å²) in [7, 11) is 0. The number of nitrogens with one attached hydrogen (secondary N) is 1. The molecule has 3 aromatic rings. The van der Waals surface area contributed by atoms with Gasteiger partial charge in [0, 0.05) is 17.7 Å². The first kappa shape index (κ1) is 20.7. The molecule has 2 aromatic carbocycles. The fourth-order valence-electron chi connectivity index (χ4n) is 2.54. The summed E-state index contributed by atoms with van der Waals surface area (Å²) in [6, 6.07) is 12.8. The molecule has 0 aliphatic heterocycles. The fourth-order valence-corrected chi connectivity index (χ4v) is 3.20. The molecule has 150 valence electrons. The predicted molar refractivity (Wildman–Crippen MR) is 109 cm³/mol. The minimum absolute atomic E-state index is 0.0586. The molecule has 0 unspecified atom stereocenters. The molecule has 0 fully saturated rings. The van der Waals surface area contributed by atoms with Gasteiger partial charge in [0.05, 0.1) is 11.3 Å². The Balaban J connectivity index is 1.56. The number of ketones is 1. The van der Waals surface area contributed by atoms with Gasteiger partial charge in [0.2, 0.25) is 5.91 Å².